The molecule has 8 heteroatoms. The molecule has 6 nitrogen and oxygen atoms in total. The SMILES string of the molecule is CCOc1ccc(/C=C2\SC(=S)N(CCC(=O)[O-])C2=O)cc1OC. The van der Waals surface area contributed by atoms with E-state index in [1.54, 1.807) is 31.4 Å². The molecule has 1 aliphatic rings. The van der Waals surface area contributed by atoms with E-state index in [0.29, 0.717) is 27.3 Å². The van der Waals surface area contributed by atoms with Gasteiger partial charge < -0.3 is 19.4 Å². The maximum atomic E-state index is 12.3. The van der Waals surface area contributed by atoms with Gasteiger partial charge in [0.05, 0.1) is 18.6 Å². The van der Waals surface area contributed by atoms with Crippen molar-refractivity contribution in [2.24, 2.45) is 0 Å². The van der Waals surface area contributed by atoms with Crippen LogP contribution in [0.3, 0.4) is 0 Å². The van der Waals surface area contributed by atoms with Gasteiger partial charge in [0.1, 0.15) is 4.32 Å². The number of thioether (sulfide) groups is 1. The minimum Gasteiger partial charge on any atom is -0.550 e. The van der Waals surface area contributed by atoms with E-state index in [1.807, 2.05) is 6.92 Å². The largest absolute Gasteiger partial charge is 0.550 e. The van der Waals surface area contributed by atoms with Gasteiger partial charge in [-0.25, -0.2) is 0 Å². The summed E-state index contributed by atoms with van der Waals surface area (Å²) < 4.78 is 11.1. The maximum absolute atomic E-state index is 12.3. The number of carbonyl (C=O) groups is 2. The Morgan fingerprint density at radius 2 is 2.17 bits per heavy atom. The van der Waals surface area contributed by atoms with Crippen molar-refractivity contribution in [1.29, 1.82) is 0 Å². The van der Waals surface area contributed by atoms with Crippen LogP contribution in [0.25, 0.3) is 6.08 Å². The molecular weight excluding hydrogens is 350 g/mol. The molecular formula is C16H16NO5S2-. The highest BCUT2D eigenvalue weighted by atomic mass is 32.2. The van der Waals surface area contributed by atoms with E-state index in [2.05, 4.69) is 0 Å². The second kappa shape index (κ2) is 8.16. The first kappa shape index (κ1) is 18.3. The first-order valence-corrected chi connectivity index (χ1v) is 8.44. The summed E-state index contributed by atoms with van der Waals surface area (Å²) in [5.74, 6) is -0.333. The van der Waals surface area contributed by atoms with Crippen molar-refractivity contribution in [3.63, 3.8) is 0 Å². The average molecular weight is 366 g/mol. The Labute approximate surface area is 149 Å². The summed E-state index contributed by atoms with van der Waals surface area (Å²) in [5.41, 5.74) is 0.760. The topological polar surface area (TPSA) is 78.9 Å². The number of amides is 1. The monoisotopic (exact) mass is 366 g/mol. The Morgan fingerprint density at radius 3 is 2.79 bits per heavy atom. The van der Waals surface area contributed by atoms with Crippen LogP contribution in [-0.2, 0) is 9.59 Å². The van der Waals surface area contributed by atoms with Crippen molar-refractivity contribution in [1.82, 2.24) is 4.90 Å². The van der Waals surface area contributed by atoms with Crippen molar-refractivity contribution in [3.8, 4) is 11.5 Å². The third-order valence-electron chi connectivity index (χ3n) is 3.20. The summed E-state index contributed by atoms with van der Waals surface area (Å²) in [4.78, 5) is 24.6. The number of benzene rings is 1. The quantitative estimate of drug-likeness (QED) is 0.534. The van der Waals surface area contributed by atoms with Crippen LogP contribution < -0.4 is 14.6 Å². The number of nitrogens with zero attached hydrogens (tertiary/aromatic N) is 1. The summed E-state index contributed by atoms with van der Waals surface area (Å²) in [7, 11) is 1.54. The minimum absolute atomic E-state index is 0.0109. The molecule has 0 atom stereocenters. The van der Waals surface area contributed by atoms with Gasteiger partial charge in [-0.3, -0.25) is 9.69 Å². The molecule has 0 aromatic heterocycles. The maximum Gasteiger partial charge on any atom is 0.266 e. The number of carboxylic acids is 1. The molecule has 1 amide bonds. The van der Waals surface area contributed by atoms with Gasteiger partial charge in [-0.1, -0.05) is 30.0 Å². The van der Waals surface area contributed by atoms with Crippen molar-refractivity contribution in [2.45, 2.75) is 13.3 Å². The second-order valence-corrected chi connectivity index (χ2v) is 6.47. The normalized spacial score (nSPS) is 15.9. The summed E-state index contributed by atoms with van der Waals surface area (Å²) in [6.45, 7) is 2.41. The van der Waals surface area contributed by atoms with Crippen molar-refractivity contribution in [2.75, 3.05) is 20.3 Å². The lowest BCUT2D eigenvalue weighted by Gasteiger charge is -2.14. The van der Waals surface area contributed by atoms with Gasteiger partial charge >= 0.3 is 0 Å². The lowest BCUT2D eigenvalue weighted by molar-refractivity contribution is -0.305. The van der Waals surface area contributed by atoms with E-state index in [-0.39, 0.29) is 18.9 Å². The molecule has 24 heavy (non-hydrogen) atoms. The Bertz CT molecular complexity index is 702. The lowest BCUT2D eigenvalue weighted by atomic mass is 10.2. The van der Waals surface area contributed by atoms with Crippen molar-refractivity contribution < 1.29 is 24.2 Å². The molecule has 1 aromatic rings. The number of carbonyl (C=O) groups excluding carboxylic acids is 2. The molecule has 128 valence electrons. The van der Waals surface area contributed by atoms with Crippen molar-refractivity contribution >= 4 is 46.3 Å². The lowest BCUT2D eigenvalue weighted by Crippen LogP contribution is -2.33. The number of methoxy groups -OCH3 is 1. The van der Waals surface area contributed by atoms with E-state index >= 15 is 0 Å². The molecule has 0 spiro atoms. The summed E-state index contributed by atoms with van der Waals surface area (Å²) in [5, 5.41) is 10.6. The number of ether oxygens (including phenoxy) is 2. The molecule has 1 aliphatic heterocycles. The predicted octanol–water partition coefficient (Wildman–Crippen LogP) is 1.44. The third-order valence-corrected chi connectivity index (χ3v) is 4.58. The molecule has 2 rings (SSSR count). The average Bonchev–Trinajstić information content (AvgIpc) is 2.80. The molecule has 1 fully saturated rings. The molecule has 1 saturated heterocycles. The van der Waals surface area contributed by atoms with Gasteiger partial charge in [-0.2, -0.15) is 0 Å². The summed E-state index contributed by atoms with van der Waals surface area (Å²) in [6, 6.07) is 5.34. The van der Waals surface area contributed by atoms with Crippen LogP contribution in [0, 0.1) is 0 Å². The number of rotatable bonds is 7. The van der Waals surface area contributed by atoms with Crippen LogP contribution >= 0.6 is 24.0 Å². The number of aliphatic carboxylic acids is 1. The van der Waals surface area contributed by atoms with E-state index in [4.69, 9.17) is 21.7 Å². The van der Waals surface area contributed by atoms with Crippen molar-refractivity contribution in [3.05, 3.63) is 28.7 Å². The van der Waals surface area contributed by atoms with E-state index in [1.165, 1.54) is 4.90 Å². The number of hydrogen-bond donors (Lipinski definition) is 0. The smallest absolute Gasteiger partial charge is 0.266 e. The van der Waals surface area contributed by atoms with Crippen LogP contribution in [0.2, 0.25) is 0 Å². The fourth-order valence-electron chi connectivity index (χ4n) is 2.10. The van der Waals surface area contributed by atoms with Gasteiger partial charge in [-0.05, 0) is 30.7 Å². The zero-order valence-electron chi connectivity index (χ0n) is 13.2. The van der Waals surface area contributed by atoms with Gasteiger partial charge in [0, 0.05) is 18.9 Å². The second-order valence-electron chi connectivity index (χ2n) is 4.80. The summed E-state index contributed by atoms with van der Waals surface area (Å²) >= 11 is 6.28. The van der Waals surface area contributed by atoms with E-state index in [0.717, 1.165) is 17.3 Å². The van der Waals surface area contributed by atoms with Gasteiger partial charge in [0.2, 0.25) is 0 Å². The number of carboxylic acid groups (broad SMARTS) is 1. The van der Waals surface area contributed by atoms with Crippen LogP contribution in [0.15, 0.2) is 23.1 Å². The third kappa shape index (κ3) is 4.27. The predicted molar refractivity (Wildman–Crippen MR) is 93.7 cm³/mol. The molecule has 0 saturated carbocycles. The minimum atomic E-state index is -1.22. The van der Waals surface area contributed by atoms with Crippen LogP contribution in [0.4, 0.5) is 0 Å². The molecule has 0 unspecified atom stereocenters. The highest BCUT2D eigenvalue weighted by Gasteiger charge is 2.31. The molecule has 0 N–H and O–H groups in total. The summed E-state index contributed by atoms with van der Waals surface area (Å²) in [6.07, 6.45) is 1.44. The molecule has 0 radical (unpaired) electrons. The Kier molecular flexibility index (Phi) is 6.22. The highest BCUT2D eigenvalue weighted by molar-refractivity contribution is 8.26. The van der Waals surface area contributed by atoms with Gasteiger partial charge in [0.15, 0.2) is 11.5 Å². The zero-order valence-corrected chi connectivity index (χ0v) is 14.9. The molecule has 1 aromatic carbocycles. The number of hydrogen-bond acceptors (Lipinski definition) is 7. The molecule has 1 heterocycles. The standard InChI is InChI=1S/C16H17NO5S2/c1-3-22-11-5-4-10(8-12(11)21-2)9-13-15(20)17(16(23)24-13)7-6-14(18)19/h4-5,8-9H,3,6-7H2,1-2H3,(H,18,19)/p-1/b13-9-. The van der Waals surface area contributed by atoms with Gasteiger partial charge in [-0.15, -0.1) is 0 Å². The van der Waals surface area contributed by atoms with Gasteiger partial charge in [0.25, 0.3) is 5.91 Å². The highest BCUT2D eigenvalue weighted by Crippen LogP contribution is 2.34. The first-order chi connectivity index (χ1) is 11.5. The van der Waals surface area contributed by atoms with E-state index < -0.39 is 5.97 Å². The first-order valence-electron chi connectivity index (χ1n) is 7.22. The van der Waals surface area contributed by atoms with Crippen LogP contribution in [0.5, 0.6) is 11.5 Å². The van der Waals surface area contributed by atoms with Crippen LogP contribution in [0.1, 0.15) is 18.9 Å². The Morgan fingerprint density at radius 1 is 1.42 bits per heavy atom. The Hall–Kier alpha value is -2.06. The molecule has 0 bridgehead atoms. The Balaban J connectivity index is 2.20. The number of thiocarbonyl (C=S) groups is 1. The van der Waals surface area contributed by atoms with Crippen LogP contribution in [-0.4, -0.2) is 41.4 Å². The van der Waals surface area contributed by atoms with E-state index in [9.17, 15) is 14.7 Å². The fourth-order valence-corrected chi connectivity index (χ4v) is 3.40. The molecule has 0 aliphatic carbocycles. The fraction of sp³-hybridized carbons (Fsp3) is 0.312. The zero-order chi connectivity index (χ0) is 17.7.